The SMILES string of the molecule is O=C(CCCSc1nnc(Cc2ccccc2)n1-c1ccc(Cl)c(Cl)c1)NCc1ccccn1. The minimum absolute atomic E-state index is 0.00182. The third-order valence-electron chi connectivity index (χ3n) is 5.04. The van der Waals surface area contributed by atoms with Crippen LogP contribution in [-0.4, -0.2) is 31.4 Å². The van der Waals surface area contributed by atoms with E-state index in [1.165, 1.54) is 0 Å². The van der Waals surface area contributed by atoms with Gasteiger partial charge in [-0.05, 0) is 42.3 Å². The third-order valence-corrected chi connectivity index (χ3v) is 6.79. The van der Waals surface area contributed by atoms with Crippen LogP contribution >= 0.6 is 35.0 Å². The molecule has 4 aromatic rings. The molecule has 0 saturated heterocycles. The fourth-order valence-corrected chi connectivity index (χ4v) is 4.55. The van der Waals surface area contributed by atoms with Crippen LogP contribution < -0.4 is 5.32 Å². The minimum Gasteiger partial charge on any atom is -0.350 e. The summed E-state index contributed by atoms with van der Waals surface area (Å²) in [5.41, 5.74) is 2.82. The number of hydrogen-bond donors (Lipinski definition) is 1. The molecule has 9 heteroatoms. The third kappa shape index (κ3) is 6.59. The van der Waals surface area contributed by atoms with Crippen molar-refractivity contribution in [1.29, 1.82) is 0 Å². The Balaban J connectivity index is 1.40. The van der Waals surface area contributed by atoms with E-state index in [1.54, 1.807) is 24.0 Å². The van der Waals surface area contributed by atoms with Gasteiger partial charge in [0.05, 0.1) is 28.0 Å². The fourth-order valence-electron chi connectivity index (χ4n) is 3.35. The number of benzene rings is 2. The molecule has 2 aromatic heterocycles. The number of rotatable bonds is 10. The molecule has 34 heavy (non-hydrogen) atoms. The number of thioether (sulfide) groups is 1. The van der Waals surface area contributed by atoms with Gasteiger partial charge in [0.1, 0.15) is 5.82 Å². The number of hydrogen-bond acceptors (Lipinski definition) is 5. The smallest absolute Gasteiger partial charge is 0.220 e. The van der Waals surface area contributed by atoms with Crippen LogP contribution in [-0.2, 0) is 17.8 Å². The second kappa shape index (κ2) is 12.0. The lowest BCUT2D eigenvalue weighted by Gasteiger charge is -2.11. The monoisotopic (exact) mass is 511 g/mol. The summed E-state index contributed by atoms with van der Waals surface area (Å²) in [4.78, 5) is 16.4. The van der Waals surface area contributed by atoms with Crippen LogP contribution in [0.3, 0.4) is 0 Å². The van der Waals surface area contributed by atoms with E-state index >= 15 is 0 Å². The summed E-state index contributed by atoms with van der Waals surface area (Å²) < 4.78 is 2.00. The molecule has 0 aliphatic heterocycles. The van der Waals surface area contributed by atoms with Gasteiger partial charge in [-0.25, -0.2) is 0 Å². The number of halogens is 2. The van der Waals surface area contributed by atoms with Gasteiger partial charge in [-0.15, -0.1) is 10.2 Å². The molecule has 1 N–H and O–H groups in total. The van der Waals surface area contributed by atoms with Crippen molar-refractivity contribution in [3.63, 3.8) is 0 Å². The lowest BCUT2D eigenvalue weighted by atomic mass is 10.1. The summed E-state index contributed by atoms with van der Waals surface area (Å²) in [6.07, 6.45) is 3.48. The second-order valence-electron chi connectivity index (χ2n) is 7.54. The van der Waals surface area contributed by atoms with Crippen LogP contribution in [0.2, 0.25) is 10.0 Å². The molecule has 0 radical (unpaired) electrons. The molecule has 4 rings (SSSR count). The second-order valence-corrected chi connectivity index (χ2v) is 9.42. The predicted molar refractivity (Wildman–Crippen MR) is 137 cm³/mol. The Morgan fingerprint density at radius 2 is 1.79 bits per heavy atom. The largest absolute Gasteiger partial charge is 0.350 e. The highest BCUT2D eigenvalue weighted by Gasteiger charge is 2.16. The number of nitrogens with one attached hydrogen (secondary N) is 1. The van der Waals surface area contributed by atoms with Crippen molar-refractivity contribution >= 4 is 40.9 Å². The zero-order chi connectivity index (χ0) is 23.8. The summed E-state index contributed by atoms with van der Waals surface area (Å²) >= 11 is 14.0. The van der Waals surface area contributed by atoms with E-state index in [0.29, 0.717) is 35.9 Å². The first-order valence-electron chi connectivity index (χ1n) is 10.8. The summed E-state index contributed by atoms with van der Waals surface area (Å²) in [6, 6.07) is 21.2. The van der Waals surface area contributed by atoms with Crippen molar-refractivity contribution in [1.82, 2.24) is 25.1 Å². The molecular weight excluding hydrogens is 489 g/mol. The number of amides is 1. The molecule has 0 atom stereocenters. The van der Waals surface area contributed by atoms with Gasteiger partial charge in [0.15, 0.2) is 5.16 Å². The Kier molecular flexibility index (Phi) is 8.57. The topological polar surface area (TPSA) is 72.7 Å². The Hall–Kier alpha value is -2.87. The van der Waals surface area contributed by atoms with Gasteiger partial charge in [-0.3, -0.25) is 14.3 Å². The molecular formula is C25H23Cl2N5OS. The maximum Gasteiger partial charge on any atom is 0.220 e. The van der Waals surface area contributed by atoms with E-state index in [9.17, 15) is 4.79 Å². The molecule has 1 amide bonds. The van der Waals surface area contributed by atoms with Crippen molar-refractivity contribution in [2.75, 3.05) is 5.75 Å². The van der Waals surface area contributed by atoms with E-state index < -0.39 is 0 Å². The average molecular weight is 512 g/mol. The molecule has 0 aliphatic rings. The quantitative estimate of drug-likeness (QED) is 0.217. The summed E-state index contributed by atoms with van der Waals surface area (Å²) in [7, 11) is 0. The summed E-state index contributed by atoms with van der Waals surface area (Å²) in [5, 5.41) is 13.5. The van der Waals surface area contributed by atoms with Gasteiger partial charge in [0.25, 0.3) is 0 Å². The van der Waals surface area contributed by atoms with E-state index in [-0.39, 0.29) is 5.91 Å². The first kappa shape index (κ1) is 24.3. The molecule has 0 spiro atoms. The lowest BCUT2D eigenvalue weighted by Crippen LogP contribution is -2.23. The van der Waals surface area contributed by atoms with Crippen LogP contribution in [0, 0.1) is 0 Å². The first-order chi connectivity index (χ1) is 16.6. The van der Waals surface area contributed by atoms with E-state index in [2.05, 4.69) is 32.6 Å². The van der Waals surface area contributed by atoms with Crippen LogP contribution in [0.5, 0.6) is 0 Å². The maximum atomic E-state index is 12.2. The minimum atomic E-state index is 0.00182. The van der Waals surface area contributed by atoms with Gasteiger partial charge >= 0.3 is 0 Å². The Morgan fingerprint density at radius 1 is 0.971 bits per heavy atom. The van der Waals surface area contributed by atoms with E-state index in [1.807, 2.05) is 53.1 Å². The van der Waals surface area contributed by atoms with Crippen LogP contribution in [0.15, 0.2) is 78.1 Å². The van der Waals surface area contributed by atoms with Gasteiger partial charge in [-0.2, -0.15) is 0 Å². The fraction of sp³-hybridized carbons (Fsp3) is 0.200. The normalized spacial score (nSPS) is 10.9. The Labute approximate surface area is 212 Å². The van der Waals surface area contributed by atoms with Crippen molar-refractivity contribution in [3.05, 3.63) is 100 Å². The maximum absolute atomic E-state index is 12.2. The van der Waals surface area contributed by atoms with Crippen molar-refractivity contribution in [2.45, 2.75) is 31.0 Å². The molecule has 2 heterocycles. The van der Waals surface area contributed by atoms with Gasteiger partial charge in [-0.1, -0.05) is 71.4 Å². The molecule has 0 unspecified atom stereocenters. The molecule has 0 saturated carbocycles. The molecule has 0 aliphatic carbocycles. The van der Waals surface area contributed by atoms with Crippen molar-refractivity contribution in [2.24, 2.45) is 0 Å². The van der Waals surface area contributed by atoms with Gasteiger partial charge in [0.2, 0.25) is 5.91 Å². The average Bonchev–Trinajstić information content (AvgIpc) is 3.25. The molecule has 6 nitrogen and oxygen atoms in total. The number of aromatic nitrogens is 4. The summed E-state index contributed by atoms with van der Waals surface area (Å²) in [6.45, 7) is 0.432. The standard InChI is InChI=1S/C25H23Cl2N5OS/c26-21-12-11-20(16-22(21)27)32-23(15-18-7-2-1-3-8-18)30-31-25(32)34-14-6-10-24(33)29-17-19-9-4-5-13-28-19/h1-5,7-9,11-13,16H,6,10,14-15,17H2,(H,29,33). The number of nitrogens with zero attached hydrogens (tertiary/aromatic N) is 4. The highest BCUT2D eigenvalue weighted by atomic mass is 35.5. The molecule has 0 bridgehead atoms. The highest BCUT2D eigenvalue weighted by Crippen LogP contribution is 2.29. The predicted octanol–water partition coefficient (Wildman–Crippen LogP) is 5.75. The van der Waals surface area contributed by atoms with E-state index in [4.69, 9.17) is 23.2 Å². The Bertz CT molecular complexity index is 1230. The van der Waals surface area contributed by atoms with Gasteiger partial charge < -0.3 is 5.32 Å². The highest BCUT2D eigenvalue weighted by molar-refractivity contribution is 7.99. The zero-order valence-corrected chi connectivity index (χ0v) is 20.7. The van der Waals surface area contributed by atoms with E-state index in [0.717, 1.165) is 33.7 Å². The van der Waals surface area contributed by atoms with Crippen LogP contribution in [0.25, 0.3) is 5.69 Å². The number of pyridine rings is 1. The van der Waals surface area contributed by atoms with Crippen LogP contribution in [0.1, 0.15) is 29.9 Å². The number of carbonyl (C=O) groups excluding carboxylic acids is 1. The van der Waals surface area contributed by atoms with Crippen LogP contribution in [0.4, 0.5) is 0 Å². The van der Waals surface area contributed by atoms with Crippen molar-refractivity contribution < 1.29 is 4.79 Å². The Morgan fingerprint density at radius 3 is 2.56 bits per heavy atom. The molecule has 174 valence electrons. The first-order valence-corrected chi connectivity index (χ1v) is 12.6. The molecule has 2 aromatic carbocycles. The zero-order valence-electron chi connectivity index (χ0n) is 18.3. The van der Waals surface area contributed by atoms with Gasteiger partial charge in [0, 0.05) is 24.8 Å². The summed E-state index contributed by atoms with van der Waals surface area (Å²) in [5.74, 6) is 1.53. The molecule has 0 fully saturated rings. The van der Waals surface area contributed by atoms with Crippen molar-refractivity contribution in [3.8, 4) is 5.69 Å². The number of carbonyl (C=O) groups is 1. The lowest BCUT2D eigenvalue weighted by molar-refractivity contribution is -0.121.